The van der Waals surface area contributed by atoms with E-state index < -0.39 is 18.2 Å². The lowest BCUT2D eigenvalue weighted by atomic mass is 10.0. The molecule has 1 fully saturated rings. The standard InChI is InChI=1S/C14H18N6O3/c15-9-3-10(5-11(4-9)20-7-16-17-8-20)19-2-1-12(13(21)6-19)18-14(22)23/h3-5,7-8,12-13,18,21H,1-2,6,15H2,(H,22,23)/t12-,13+/m0/s1. The highest BCUT2D eigenvalue weighted by molar-refractivity contribution is 5.65. The van der Waals surface area contributed by atoms with Crippen molar-refractivity contribution < 1.29 is 15.0 Å². The molecular formula is C14H18N6O3. The maximum Gasteiger partial charge on any atom is 0.404 e. The molecule has 1 amide bonds. The highest BCUT2D eigenvalue weighted by atomic mass is 16.4. The molecule has 1 aliphatic heterocycles. The molecule has 122 valence electrons. The minimum atomic E-state index is -1.12. The Balaban J connectivity index is 1.79. The number of hydrogen-bond acceptors (Lipinski definition) is 6. The van der Waals surface area contributed by atoms with Crippen LogP contribution in [0.25, 0.3) is 5.69 Å². The molecule has 0 unspecified atom stereocenters. The van der Waals surface area contributed by atoms with Crippen LogP contribution in [0.5, 0.6) is 0 Å². The normalized spacial score (nSPS) is 21.2. The van der Waals surface area contributed by atoms with Gasteiger partial charge >= 0.3 is 6.09 Å². The Morgan fingerprint density at radius 3 is 2.61 bits per heavy atom. The number of benzene rings is 1. The number of β-amino-alcohol motifs (C(OH)–C–C–N with tert-alkyl or cyclic N) is 1. The lowest BCUT2D eigenvalue weighted by molar-refractivity contribution is 0.108. The van der Waals surface area contributed by atoms with Crippen molar-refractivity contribution in [3.63, 3.8) is 0 Å². The predicted molar refractivity (Wildman–Crippen MR) is 83.6 cm³/mol. The van der Waals surface area contributed by atoms with Crippen molar-refractivity contribution in [1.29, 1.82) is 0 Å². The summed E-state index contributed by atoms with van der Waals surface area (Å²) >= 11 is 0. The number of piperidine rings is 1. The van der Waals surface area contributed by atoms with E-state index in [0.717, 1.165) is 11.4 Å². The third kappa shape index (κ3) is 3.34. The Morgan fingerprint density at radius 2 is 1.96 bits per heavy atom. The summed E-state index contributed by atoms with van der Waals surface area (Å²) in [5.41, 5.74) is 8.24. The molecule has 1 aromatic heterocycles. The van der Waals surface area contributed by atoms with Crippen LogP contribution < -0.4 is 16.0 Å². The second-order valence-electron chi connectivity index (χ2n) is 5.51. The first-order chi connectivity index (χ1) is 11.0. The number of aromatic nitrogens is 3. The number of anilines is 2. The summed E-state index contributed by atoms with van der Waals surface area (Å²) in [6.07, 6.45) is 1.78. The van der Waals surface area contributed by atoms with Crippen LogP contribution in [0.3, 0.4) is 0 Å². The second-order valence-corrected chi connectivity index (χ2v) is 5.51. The van der Waals surface area contributed by atoms with Gasteiger partial charge in [0, 0.05) is 24.5 Å². The number of rotatable bonds is 3. The van der Waals surface area contributed by atoms with Gasteiger partial charge in [-0.25, -0.2) is 4.79 Å². The highest BCUT2D eigenvalue weighted by Crippen LogP contribution is 2.26. The van der Waals surface area contributed by atoms with Crippen molar-refractivity contribution in [3.8, 4) is 5.69 Å². The SMILES string of the molecule is Nc1cc(N2CC[C@H](NC(=O)O)[C@H](O)C2)cc(-n2cnnc2)c1. The number of nitrogen functional groups attached to an aromatic ring is 1. The van der Waals surface area contributed by atoms with Gasteiger partial charge in [0.15, 0.2) is 0 Å². The van der Waals surface area contributed by atoms with E-state index in [9.17, 15) is 9.90 Å². The van der Waals surface area contributed by atoms with E-state index in [1.54, 1.807) is 17.2 Å². The van der Waals surface area contributed by atoms with Crippen LogP contribution in [0.4, 0.5) is 16.2 Å². The number of carboxylic acid groups (broad SMARTS) is 1. The van der Waals surface area contributed by atoms with Gasteiger partial charge in [0.25, 0.3) is 0 Å². The van der Waals surface area contributed by atoms with Crippen molar-refractivity contribution in [2.24, 2.45) is 0 Å². The summed E-state index contributed by atoms with van der Waals surface area (Å²) in [4.78, 5) is 12.7. The molecule has 2 heterocycles. The summed E-state index contributed by atoms with van der Waals surface area (Å²) in [7, 11) is 0. The first-order valence-corrected chi connectivity index (χ1v) is 7.21. The largest absolute Gasteiger partial charge is 0.465 e. The molecule has 9 nitrogen and oxygen atoms in total. The van der Waals surface area contributed by atoms with Gasteiger partial charge in [-0.1, -0.05) is 0 Å². The Kier molecular flexibility index (Phi) is 4.02. The number of nitrogens with one attached hydrogen (secondary N) is 1. The molecule has 9 heteroatoms. The van der Waals surface area contributed by atoms with Gasteiger partial charge in [0.2, 0.25) is 0 Å². The topological polar surface area (TPSA) is 130 Å². The van der Waals surface area contributed by atoms with Crippen molar-refractivity contribution in [3.05, 3.63) is 30.9 Å². The van der Waals surface area contributed by atoms with Gasteiger partial charge in [-0.2, -0.15) is 0 Å². The van der Waals surface area contributed by atoms with E-state index in [4.69, 9.17) is 10.8 Å². The second kappa shape index (κ2) is 6.13. The summed E-state index contributed by atoms with van der Waals surface area (Å²) in [5, 5.41) is 28.8. The third-order valence-electron chi connectivity index (χ3n) is 3.90. The van der Waals surface area contributed by atoms with E-state index in [1.165, 1.54) is 0 Å². The molecule has 1 aliphatic rings. The Bertz CT molecular complexity index is 690. The van der Waals surface area contributed by atoms with Crippen molar-refractivity contribution in [1.82, 2.24) is 20.1 Å². The van der Waals surface area contributed by atoms with Crippen LogP contribution >= 0.6 is 0 Å². The van der Waals surface area contributed by atoms with Crippen LogP contribution in [0.2, 0.25) is 0 Å². The number of aliphatic hydroxyl groups is 1. The zero-order chi connectivity index (χ0) is 16.4. The van der Waals surface area contributed by atoms with Gasteiger partial charge in [0.05, 0.1) is 17.8 Å². The molecule has 2 aromatic rings. The maximum absolute atomic E-state index is 10.7. The average molecular weight is 318 g/mol. The molecule has 23 heavy (non-hydrogen) atoms. The summed E-state index contributed by atoms with van der Waals surface area (Å²) in [6, 6.07) is 5.10. The molecule has 0 saturated carbocycles. The Morgan fingerprint density at radius 1 is 1.26 bits per heavy atom. The lowest BCUT2D eigenvalue weighted by Gasteiger charge is -2.37. The van der Waals surface area contributed by atoms with E-state index in [2.05, 4.69) is 15.5 Å². The Labute approximate surface area is 132 Å². The van der Waals surface area contributed by atoms with Gasteiger partial charge < -0.3 is 26.2 Å². The number of aliphatic hydroxyl groups excluding tert-OH is 1. The van der Waals surface area contributed by atoms with Crippen LogP contribution in [0.1, 0.15) is 6.42 Å². The average Bonchev–Trinajstić information content (AvgIpc) is 3.02. The van der Waals surface area contributed by atoms with E-state index >= 15 is 0 Å². The fourth-order valence-electron chi connectivity index (χ4n) is 2.78. The molecule has 1 aromatic carbocycles. The van der Waals surface area contributed by atoms with Crippen LogP contribution in [0, 0.1) is 0 Å². The van der Waals surface area contributed by atoms with Gasteiger partial charge in [-0.05, 0) is 24.6 Å². The Hall–Kier alpha value is -2.81. The summed E-state index contributed by atoms with van der Waals surface area (Å²) in [5.74, 6) is 0. The highest BCUT2D eigenvalue weighted by Gasteiger charge is 2.29. The van der Waals surface area contributed by atoms with Crippen LogP contribution in [-0.4, -0.2) is 56.3 Å². The number of nitrogens with zero attached hydrogens (tertiary/aromatic N) is 4. The minimum Gasteiger partial charge on any atom is -0.465 e. The first kappa shape index (κ1) is 15.1. The molecule has 5 N–H and O–H groups in total. The van der Waals surface area contributed by atoms with Gasteiger partial charge in [0.1, 0.15) is 12.7 Å². The van der Waals surface area contributed by atoms with E-state index in [0.29, 0.717) is 25.2 Å². The third-order valence-corrected chi connectivity index (χ3v) is 3.90. The van der Waals surface area contributed by atoms with Gasteiger partial charge in [-0.15, -0.1) is 10.2 Å². The molecule has 0 spiro atoms. The zero-order valence-corrected chi connectivity index (χ0v) is 12.3. The summed E-state index contributed by atoms with van der Waals surface area (Å²) in [6.45, 7) is 0.948. The van der Waals surface area contributed by atoms with Crippen molar-refractivity contribution in [2.45, 2.75) is 18.6 Å². The fourth-order valence-corrected chi connectivity index (χ4v) is 2.78. The van der Waals surface area contributed by atoms with Crippen molar-refractivity contribution in [2.75, 3.05) is 23.7 Å². The minimum absolute atomic E-state index is 0.329. The number of carbonyl (C=O) groups is 1. The molecule has 0 bridgehead atoms. The maximum atomic E-state index is 10.7. The number of amides is 1. The molecule has 3 rings (SSSR count). The zero-order valence-electron chi connectivity index (χ0n) is 12.3. The molecule has 2 atom stereocenters. The molecule has 0 radical (unpaired) electrons. The van der Waals surface area contributed by atoms with Gasteiger partial charge in [-0.3, -0.25) is 4.57 Å². The van der Waals surface area contributed by atoms with E-state index in [1.807, 2.05) is 23.1 Å². The first-order valence-electron chi connectivity index (χ1n) is 7.21. The summed E-state index contributed by atoms with van der Waals surface area (Å²) < 4.78 is 1.75. The molecular weight excluding hydrogens is 300 g/mol. The monoisotopic (exact) mass is 318 g/mol. The van der Waals surface area contributed by atoms with E-state index in [-0.39, 0.29) is 0 Å². The number of nitrogens with two attached hydrogens (primary N) is 1. The smallest absolute Gasteiger partial charge is 0.404 e. The molecule has 1 saturated heterocycles. The quantitative estimate of drug-likeness (QED) is 0.589. The number of hydrogen-bond donors (Lipinski definition) is 4. The molecule has 0 aliphatic carbocycles. The van der Waals surface area contributed by atoms with Crippen LogP contribution in [-0.2, 0) is 0 Å². The fraction of sp³-hybridized carbons (Fsp3) is 0.357. The van der Waals surface area contributed by atoms with Crippen molar-refractivity contribution >= 4 is 17.5 Å². The van der Waals surface area contributed by atoms with Crippen LogP contribution in [0.15, 0.2) is 30.9 Å². The predicted octanol–water partition coefficient (Wildman–Crippen LogP) is 0.0567. The lowest BCUT2D eigenvalue weighted by Crippen LogP contribution is -2.54.